The van der Waals surface area contributed by atoms with E-state index in [4.69, 9.17) is 4.74 Å². The van der Waals surface area contributed by atoms with Gasteiger partial charge in [-0.15, -0.1) is 12.4 Å². The Morgan fingerprint density at radius 2 is 2.00 bits per heavy atom. The minimum atomic E-state index is -0.724. The van der Waals surface area contributed by atoms with Crippen LogP contribution in [0, 0.1) is 11.6 Å². The summed E-state index contributed by atoms with van der Waals surface area (Å²) in [4.78, 5) is 13.7. The summed E-state index contributed by atoms with van der Waals surface area (Å²) >= 11 is 0. The van der Waals surface area contributed by atoms with Gasteiger partial charge in [-0.05, 0) is 18.6 Å². The van der Waals surface area contributed by atoms with Crippen molar-refractivity contribution in [3.05, 3.63) is 29.8 Å². The monoisotopic (exact) mass is 320 g/mol. The van der Waals surface area contributed by atoms with Crippen molar-refractivity contribution in [2.45, 2.75) is 12.8 Å². The predicted molar refractivity (Wildman–Crippen MR) is 77.8 cm³/mol. The van der Waals surface area contributed by atoms with Crippen LogP contribution in [0.3, 0.4) is 0 Å². The van der Waals surface area contributed by atoms with Gasteiger partial charge in [0.15, 0.2) is 11.6 Å². The number of carbonyl (C=O) groups is 1. The van der Waals surface area contributed by atoms with Crippen LogP contribution in [0.1, 0.15) is 12.8 Å². The zero-order valence-corrected chi connectivity index (χ0v) is 12.4. The average Bonchev–Trinajstić information content (AvgIpc) is 2.46. The number of hydrogen-bond acceptors (Lipinski definition) is 3. The number of carbonyl (C=O) groups excluding carboxylic acids is 1. The van der Waals surface area contributed by atoms with Crippen LogP contribution < -0.4 is 10.1 Å². The Balaban J connectivity index is 0.00000220. The maximum Gasteiger partial charge on any atom is 0.222 e. The fraction of sp³-hybridized carbons (Fsp3) is 0.500. The molecule has 4 nitrogen and oxygen atoms in total. The molecule has 21 heavy (non-hydrogen) atoms. The molecule has 0 unspecified atom stereocenters. The molecular weight excluding hydrogens is 302 g/mol. The van der Waals surface area contributed by atoms with Crippen molar-refractivity contribution in [1.82, 2.24) is 10.2 Å². The Morgan fingerprint density at radius 3 is 2.67 bits per heavy atom. The van der Waals surface area contributed by atoms with Gasteiger partial charge in [-0.25, -0.2) is 8.78 Å². The van der Waals surface area contributed by atoms with Crippen molar-refractivity contribution < 1.29 is 18.3 Å². The van der Waals surface area contributed by atoms with Gasteiger partial charge in [0.2, 0.25) is 5.91 Å². The highest BCUT2D eigenvalue weighted by atomic mass is 35.5. The van der Waals surface area contributed by atoms with Crippen LogP contribution in [0.25, 0.3) is 0 Å². The minimum absolute atomic E-state index is 0. The van der Waals surface area contributed by atoms with E-state index in [1.807, 2.05) is 4.90 Å². The molecule has 118 valence electrons. The van der Waals surface area contributed by atoms with Crippen molar-refractivity contribution in [3.8, 4) is 5.75 Å². The number of rotatable bonds is 5. The van der Waals surface area contributed by atoms with Gasteiger partial charge in [0.05, 0.1) is 6.61 Å². The van der Waals surface area contributed by atoms with Gasteiger partial charge < -0.3 is 15.0 Å². The second-order valence-electron chi connectivity index (χ2n) is 4.66. The van der Waals surface area contributed by atoms with Crippen LogP contribution in [0.2, 0.25) is 0 Å². The summed E-state index contributed by atoms with van der Waals surface area (Å²) in [6.45, 7) is 3.34. The number of ether oxygens (including phenoxy) is 1. The molecular formula is C14H19ClF2N2O2. The van der Waals surface area contributed by atoms with E-state index in [1.54, 1.807) is 0 Å². The lowest BCUT2D eigenvalue weighted by Gasteiger charge is -2.27. The number of benzene rings is 1. The van der Waals surface area contributed by atoms with E-state index >= 15 is 0 Å². The van der Waals surface area contributed by atoms with Crippen LogP contribution in [-0.2, 0) is 4.79 Å². The molecule has 0 radical (unpaired) electrons. The fourth-order valence-electron chi connectivity index (χ4n) is 2.07. The van der Waals surface area contributed by atoms with Gasteiger partial charge in [-0.2, -0.15) is 0 Å². The summed E-state index contributed by atoms with van der Waals surface area (Å²) < 4.78 is 31.2. The van der Waals surface area contributed by atoms with Crippen LogP contribution in [0.5, 0.6) is 5.75 Å². The molecule has 1 amide bonds. The number of hydrogen-bond donors (Lipinski definition) is 1. The zero-order chi connectivity index (χ0) is 14.4. The fourth-order valence-corrected chi connectivity index (χ4v) is 2.07. The molecule has 0 saturated carbocycles. The van der Waals surface area contributed by atoms with Gasteiger partial charge in [-0.1, -0.05) is 0 Å². The summed E-state index contributed by atoms with van der Waals surface area (Å²) in [5, 5.41) is 3.18. The van der Waals surface area contributed by atoms with Gasteiger partial charge >= 0.3 is 0 Å². The summed E-state index contributed by atoms with van der Waals surface area (Å²) in [7, 11) is 0. The predicted octanol–water partition coefficient (Wildman–Crippen LogP) is 1.98. The largest absolute Gasteiger partial charge is 0.491 e. The molecule has 7 heteroatoms. The lowest BCUT2D eigenvalue weighted by molar-refractivity contribution is -0.132. The molecule has 1 aliphatic heterocycles. The summed E-state index contributed by atoms with van der Waals surface area (Å²) in [5.41, 5.74) is 0. The minimum Gasteiger partial charge on any atom is -0.491 e. The Kier molecular flexibility index (Phi) is 7.39. The Hall–Kier alpha value is -1.40. The molecule has 0 aromatic heterocycles. The van der Waals surface area contributed by atoms with Gasteiger partial charge in [0.25, 0.3) is 0 Å². The van der Waals surface area contributed by atoms with Gasteiger partial charge in [0, 0.05) is 38.7 Å². The molecule has 1 heterocycles. The summed E-state index contributed by atoms with van der Waals surface area (Å²) in [5.74, 6) is -1.25. The van der Waals surface area contributed by atoms with Crippen LogP contribution in [-0.4, -0.2) is 43.6 Å². The second kappa shape index (κ2) is 8.79. The molecule has 1 aromatic rings. The quantitative estimate of drug-likeness (QED) is 0.844. The standard InChI is InChI=1S/C14H18F2N2O2.ClH/c15-11-3-4-13(12(16)10-11)20-9-1-2-14(19)18-7-5-17-6-8-18;/h3-4,10,17H,1-2,5-9H2;1H. The third-order valence-electron chi connectivity index (χ3n) is 3.16. The smallest absolute Gasteiger partial charge is 0.222 e. The first-order chi connectivity index (χ1) is 9.66. The highest BCUT2D eigenvalue weighted by molar-refractivity contribution is 5.85. The van der Waals surface area contributed by atoms with Crippen LogP contribution in [0.15, 0.2) is 18.2 Å². The Morgan fingerprint density at radius 1 is 1.29 bits per heavy atom. The first-order valence-electron chi connectivity index (χ1n) is 6.73. The van der Waals surface area contributed by atoms with E-state index < -0.39 is 11.6 Å². The average molecular weight is 321 g/mol. The van der Waals surface area contributed by atoms with Crippen molar-refractivity contribution in [1.29, 1.82) is 0 Å². The van der Waals surface area contributed by atoms with E-state index in [9.17, 15) is 13.6 Å². The van der Waals surface area contributed by atoms with E-state index in [-0.39, 0.29) is 30.7 Å². The van der Waals surface area contributed by atoms with Crippen LogP contribution in [0.4, 0.5) is 8.78 Å². The molecule has 1 aromatic carbocycles. The van der Waals surface area contributed by atoms with E-state index in [0.717, 1.165) is 38.3 Å². The lowest BCUT2D eigenvalue weighted by atomic mass is 10.2. The third-order valence-corrected chi connectivity index (χ3v) is 3.16. The summed E-state index contributed by atoms with van der Waals surface area (Å²) in [6.07, 6.45) is 0.891. The van der Waals surface area contributed by atoms with Gasteiger partial charge in [-0.3, -0.25) is 4.79 Å². The molecule has 0 bridgehead atoms. The topological polar surface area (TPSA) is 41.6 Å². The first kappa shape index (κ1) is 17.7. The van der Waals surface area contributed by atoms with Crippen molar-refractivity contribution >= 4 is 18.3 Å². The Labute approximate surface area is 128 Å². The normalized spacial score (nSPS) is 14.5. The van der Waals surface area contributed by atoms with Gasteiger partial charge in [0.1, 0.15) is 5.82 Å². The molecule has 0 spiro atoms. The molecule has 0 atom stereocenters. The molecule has 1 N–H and O–H groups in total. The highest BCUT2D eigenvalue weighted by Crippen LogP contribution is 2.17. The number of amides is 1. The number of piperazine rings is 1. The number of nitrogens with one attached hydrogen (secondary N) is 1. The highest BCUT2D eigenvalue weighted by Gasteiger charge is 2.15. The Bertz CT molecular complexity index is 468. The molecule has 1 fully saturated rings. The molecule has 0 aliphatic carbocycles. The molecule has 1 aliphatic rings. The lowest BCUT2D eigenvalue weighted by Crippen LogP contribution is -2.46. The summed E-state index contributed by atoms with van der Waals surface area (Å²) in [6, 6.07) is 3.17. The van der Waals surface area contributed by atoms with E-state index in [1.165, 1.54) is 6.07 Å². The molecule has 1 saturated heterocycles. The van der Waals surface area contributed by atoms with Crippen molar-refractivity contribution in [2.24, 2.45) is 0 Å². The van der Waals surface area contributed by atoms with E-state index in [2.05, 4.69) is 5.32 Å². The SMILES string of the molecule is Cl.O=C(CCCOc1ccc(F)cc1F)N1CCNCC1. The molecule has 2 rings (SSSR count). The maximum absolute atomic E-state index is 13.3. The number of nitrogens with zero attached hydrogens (tertiary/aromatic N) is 1. The third kappa shape index (κ3) is 5.47. The van der Waals surface area contributed by atoms with Crippen molar-refractivity contribution in [3.63, 3.8) is 0 Å². The zero-order valence-electron chi connectivity index (χ0n) is 11.6. The first-order valence-corrected chi connectivity index (χ1v) is 6.73. The van der Waals surface area contributed by atoms with Crippen molar-refractivity contribution in [2.75, 3.05) is 32.8 Å². The second-order valence-corrected chi connectivity index (χ2v) is 4.66. The van der Waals surface area contributed by atoms with E-state index in [0.29, 0.717) is 12.8 Å². The number of halogens is 3. The maximum atomic E-state index is 13.3. The van der Waals surface area contributed by atoms with Crippen LogP contribution >= 0.6 is 12.4 Å².